The maximum absolute atomic E-state index is 11.0. The van der Waals surface area contributed by atoms with Crippen molar-refractivity contribution in [3.8, 4) is 11.5 Å². The predicted octanol–water partition coefficient (Wildman–Crippen LogP) is 4.82. The fraction of sp³-hybridized carbons (Fsp3) is 0.316. The molecule has 0 aliphatic heterocycles. The molecule has 0 unspecified atom stereocenters. The molecule has 0 heterocycles. The number of benzene rings is 2. The standard InChI is InChI=1S/C19H23BrN2O3/c1-4-9-25-19-17(20)10-14(11-18(19)24-3)12-21-15-5-7-16(8-6-15)22-13(2)23/h5-8,10-11,21H,4,9,12H2,1-3H3,(H,22,23). The summed E-state index contributed by atoms with van der Waals surface area (Å²) in [7, 11) is 1.64. The summed E-state index contributed by atoms with van der Waals surface area (Å²) >= 11 is 3.55. The average Bonchev–Trinajstić information content (AvgIpc) is 2.59. The summed E-state index contributed by atoms with van der Waals surface area (Å²) in [5.74, 6) is 1.36. The second kappa shape index (κ2) is 9.32. The lowest BCUT2D eigenvalue weighted by atomic mass is 10.2. The Morgan fingerprint density at radius 3 is 2.44 bits per heavy atom. The van der Waals surface area contributed by atoms with Crippen molar-refractivity contribution in [2.24, 2.45) is 0 Å². The molecule has 0 atom stereocenters. The van der Waals surface area contributed by atoms with Gasteiger partial charge in [-0.15, -0.1) is 0 Å². The Bertz CT molecular complexity index is 717. The highest BCUT2D eigenvalue weighted by molar-refractivity contribution is 9.10. The van der Waals surface area contributed by atoms with Crippen LogP contribution in [0.5, 0.6) is 11.5 Å². The molecule has 2 aromatic carbocycles. The minimum atomic E-state index is -0.0805. The van der Waals surface area contributed by atoms with Gasteiger partial charge in [0.15, 0.2) is 11.5 Å². The predicted molar refractivity (Wildman–Crippen MR) is 105 cm³/mol. The molecule has 2 rings (SSSR count). The van der Waals surface area contributed by atoms with E-state index in [4.69, 9.17) is 9.47 Å². The second-order valence-electron chi connectivity index (χ2n) is 5.57. The highest BCUT2D eigenvalue weighted by Gasteiger charge is 2.11. The van der Waals surface area contributed by atoms with Crippen LogP contribution in [0.4, 0.5) is 11.4 Å². The number of carbonyl (C=O) groups excluding carboxylic acids is 1. The number of amides is 1. The molecule has 0 aliphatic rings. The second-order valence-corrected chi connectivity index (χ2v) is 6.42. The van der Waals surface area contributed by atoms with E-state index >= 15 is 0 Å². The first-order valence-electron chi connectivity index (χ1n) is 8.14. The van der Waals surface area contributed by atoms with E-state index < -0.39 is 0 Å². The maximum Gasteiger partial charge on any atom is 0.221 e. The smallest absolute Gasteiger partial charge is 0.221 e. The van der Waals surface area contributed by atoms with E-state index in [9.17, 15) is 4.79 Å². The van der Waals surface area contributed by atoms with Crippen molar-refractivity contribution in [3.63, 3.8) is 0 Å². The molecule has 0 aliphatic carbocycles. The first-order valence-corrected chi connectivity index (χ1v) is 8.93. The third kappa shape index (κ3) is 5.67. The van der Waals surface area contributed by atoms with Crippen LogP contribution in [-0.4, -0.2) is 19.6 Å². The van der Waals surface area contributed by atoms with Gasteiger partial charge in [-0.1, -0.05) is 6.92 Å². The van der Waals surface area contributed by atoms with Crippen LogP contribution < -0.4 is 20.1 Å². The molecule has 2 N–H and O–H groups in total. The summed E-state index contributed by atoms with van der Waals surface area (Å²) in [6.07, 6.45) is 0.938. The van der Waals surface area contributed by atoms with Crippen LogP contribution in [0.25, 0.3) is 0 Å². The molecule has 5 nitrogen and oxygen atoms in total. The van der Waals surface area contributed by atoms with Crippen molar-refractivity contribution >= 4 is 33.2 Å². The largest absolute Gasteiger partial charge is 0.493 e. The van der Waals surface area contributed by atoms with Crippen molar-refractivity contribution < 1.29 is 14.3 Å². The Morgan fingerprint density at radius 2 is 1.84 bits per heavy atom. The van der Waals surface area contributed by atoms with E-state index in [0.29, 0.717) is 18.9 Å². The normalized spacial score (nSPS) is 10.2. The first kappa shape index (κ1) is 19.1. The van der Waals surface area contributed by atoms with Crippen LogP contribution in [0, 0.1) is 0 Å². The summed E-state index contributed by atoms with van der Waals surface area (Å²) in [5.41, 5.74) is 2.81. The number of ether oxygens (including phenoxy) is 2. The van der Waals surface area contributed by atoms with Crippen molar-refractivity contribution in [1.29, 1.82) is 0 Å². The van der Waals surface area contributed by atoms with Gasteiger partial charge in [-0.05, 0) is 64.3 Å². The van der Waals surface area contributed by atoms with Crippen LogP contribution in [0.3, 0.4) is 0 Å². The van der Waals surface area contributed by atoms with Crippen molar-refractivity contribution in [2.45, 2.75) is 26.8 Å². The summed E-state index contributed by atoms with van der Waals surface area (Å²) in [4.78, 5) is 11.0. The molecule has 0 saturated heterocycles. The lowest BCUT2D eigenvalue weighted by molar-refractivity contribution is -0.114. The van der Waals surface area contributed by atoms with Crippen LogP contribution >= 0.6 is 15.9 Å². The van der Waals surface area contributed by atoms with E-state index in [1.807, 2.05) is 36.4 Å². The van der Waals surface area contributed by atoms with E-state index in [2.05, 4.69) is 33.5 Å². The Hall–Kier alpha value is -2.21. The summed E-state index contributed by atoms with van der Waals surface area (Å²) in [6, 6.07) is 11.6. The Balaban J connectivity index is 2.05. The van der Waals surface area contributed by atoms with Gasteiger partial charge < -0.3 is 20.1 Å². The van der Waals surface area contributed by atoms with Gasteiger partial charge in [-0.2, -0.15) is 0 Å². The van der Waals surface area contributed by atoms with Crippen LogP contribution in [0.15, 0.2) is 40.9 Å². The number of methoxy groups -OCH3 is 1. The quantitative estimate of drug-likeness (QED) is 0.659. The SMILES string of the molecule is CCCOc1c(Br)cc(CNc2ccc(NC(C)=O)cc2)cc1OC. The number of halogens is 1. The molecule has 1 amide bonds. The zero-order valence-electron chi connectivity index (χ0n) is 14.7. The average molecular weight is 407 g/mol. The molecule has 2 aromatic rings. The third-order valence-electron chi connectivity index (χ3n) is 3.44. The molecular weight excluding hydrogens is 384 g/mol. The van der Waals surface area contributed by atoms with Crippen LogP contribution in [0.2, 0.25) is 0 Å². The van der Waals surface area contributed by atoms with Crippen molar-refractivity contribution in [2.75, 3.05) is 24.4 Å². The van der Waals surface area contributed by atoms with E-state index in [-0.39, 0.29) is 5.91 Å². The topological polar surface area (TPSA) is 59.6 Å². The maximum atomic E-state index is 11.0. The zero-order chi connectivity index (χ0) is 18.2. The van der Waals surface area contributed by atoms with E-state index in [0.717, 1.165) is 33.6 Å². The summed E-state index contributed by atoms with van der Waals surface area (Å²) in [6.45, 7) is 4.84. The van der Waals surface area contributed by atoms with Gasteiger partial charge in [0.05, 0.1) is 18.2 Å². The highest BCUT2D eigenvalue weighted by atomic mass is 79.9. The van der Waals surface area contributed by atoms with Crippen molar-refractivity contribution in [3.05, 3.63) is 46.4 Å². The lowest BCUT2D eigenvalue weighted by Gasteiger charge is -2.15. The van der Waals surface area contributed by atoms with Gasteiger partial charge in [0.25, 0.3) is 0 Å². The number of rotatable bonds is 8. The summed E-state index contributed by atoms with van der Waals surface area (Å²) < 4.78 is 12.1. The highest BCUT2D eigenvalue weighted by Crippen LogP contribution is 2.37. The van der Waals surface area contributed by atoms with E-state index in [1.165, 1.54) is 6.92 Å². The Kier molecular flexibility index (Phi) is 7.13. The van der Waals surface area contributed by atoms with Gasteiger partial charge >= 0.3 is 0 Å². The monoisotopic (exact) mass is 406 g/mol. The molecule has 0 spiro atoms. The molecule has 0 saturated carbocycles. The molecular formula is C19H23BrN2O3. The van der Waals surface area contributed by atoms with Gasteiger partial charge in [0.1, 0.15) is 0 Å². The fourth-order valence-electron chi connectivity index (χ4n) is 2.30. The fourth-order valence-corrected chi connectivity index (χ4v) is 2.90. The third-order valence-corrected chi connectivity index (χ3v) is 4.03. The van der Waals surface area contributed by atoms with Gasteiger partial charge in [0.2, 0.25) is 5.91 Å². The van der Waals surface area contributed by atoms with Crippen LogP contribution in [-0.2, 0) is 11.3 Å². The van der Waals surface area contributed by atoms with Crippen LogP contribution in [0.1, 0.15) is 25.8 Å². The zero-order valence-corrected chi connectivity index (χ0v) is 16.3. The molecule has 25 heavy (non-hydrogen) atoms. The Morgan fingerprint density at radius 1 is 1.16 bits per heavy atom. The lowest BCUT2D eigenvalue weighted by Crippen LogP contribution is -2.06. The van der Waals surface area contributed by atoms with Gasteiger partial charge in [-0.25, -0.2) is 0 Å². The molecule has 6 heteroatoms. The minimum absolute atomic E-state index is 0.0805. The molecule has 0 radical (unpaired) electrons. The molecule has 0 fully saturated rings. The van der Waals surface area contributed by atoms with Gasteiger partial charge in [0, 0.05) is 24.8 Å². The minimum Gasteiger partial charge on any atom is -0.493 e. The number of hydrogen-bond donors (Lipinski definition) is 2. The van der Waals surface area contributed by atoms with E-state index in [1.54, 1.807) is 7.11 Å². The Labute approximate surface area is 156 Å². The first-order chi connectivity index (χ1) is 12.0. The number of nitrogens with one attached hydrogen (secondary N) is 2. The molecule has 0 bridgehead atoms. The number of anilines is 2. The molecule has 0 aromatic heterocycles. The molecule has 134 valence electrons. The van der Waals surface area contributed by atoms with Gasteiger partial charge in [-0.3, -0.25) is 4.79 Å². The number of hydrogen-bond acceptors (Lipinski definition) is 4. The van der Waals surface area contributed by atoms with Crippen molar-refractivity contribution in [1.82, 2.24) is 0 Å². The summed E-state index contributed by atoms with van der Waals surface area (Å²) in [5, 5.41) is 6.10. The number of carbonyl (C=O) groups is 1.